The molecular formula is C16H23N3O2S. The van der Waals surface area contributed by atoms with Crippen LogP contribution in [0.2, 0.25) is 0 Å². The lowest BCUT2D eigenvalue weighted by molar-refractivity contribution is 0.00593. The smallest absolute Gasteiger partial charge is 0.225 e. The van der Waals surface area contributed by atoms with E-state index in [2.05, 4.69) is 14.9 Å². The monoisotopic (exact) mass is 321 g/mol. The average molecular weight is 321 g/mol. The number of rotatable bonds is 2. The fourth-order valence-electron chi connectivity index (χ4n) is 4.16. The van der Waals surface area contributed by atoms with E-state index in [1.165, 1.54) is 12.8 Å². The van der Waals surface area contributed by atoms with Crippen LogP contribution in [0.1, 0.15) is 50.5 Å². The van der Waals surface area contributed by atoms with E-state index >= 15 is 0 Å². The molecule has 0 spiro atoms. The van der Waals surface area contributed by atoms with E-state index in [4.69, 9.17) is 0 Å². The van der Waals surface area contributed by atoms with E-state index in [0.29, 0.717) is 12.8 Å². The van der Waals surface area contributed by atoms with Gasteiger partial charge in [-0.05, 0) is 38.5 Å². The summed E-state index contributed by atoms with van der Waals surface area (Å²) in [5.41, 5.74) is -0.100. The maximum atomic E-state index is 12.3. The van der Waals surface area contributed by atoms with E-state index in [9.17, 15) is 9.32 Å². The normalized spacial score (nSPS) is 38.2. The summed E-state index contributed by atoms with van der Waals surface area (Å²) >= 11 is 0. The van der Waals surface area contributed by atoms with Crippen molar-refractivity contribution < 1.29 is 9.32 Å². The van der Waals surface area contributed by atoms with Gasteiger partial charge in [0.15, 0.2) is 0 Å². The highest BCUT2D eigenvalue weighted by atomic mass is 32.2. The first-order chi connectivity index (χ1) is 10.7. The summed E-state index contributed by atoms with van der Waals surface area (Å²) in [4.78, 5) is 11.1. The fourth-order valence-corrected chi connectivity index (χ4v) is 6.38. The maximum absolute atomic E-state index is 12.3. The highest BCUT2D eigenvalue weighted by Gasteiger charge is 2.46. The fraction of sp³-hybridized carbons (Fsp3) is 0.750. The third kappa shape index (κ3) is 2.46. The summed E-state index contributed by atoms with van der Waals surface area (Å²) in [5, 5.41) is 11.4. The number of hydrogen-bond acceptors (Lipinski definition) is 5. The summed E-state index contributed by atoms with van der Waals surface area (Å²) in [6.07, 6.45) is 10.2. The van der Waals surface area contributed by atoms with Crippen LogP contribution >= 0.6 is 0 Å². The topological polar surface area (TPSA) is 66.3 Å². The first-order valence-corrected chi connectivity index (χ1v) is 9.62. The van der Waals surface area contributed by atoms with E-state index < -0.39 is 16.4 Å². The SMILES string of the molecule is O=S1C2CCCC1CC(O)(c1cnc(N3CCCC3)nc1)C2. The molecule has 1 aromatic heterocycles. The molecule has 0 aromatic carbocycles. The van der Waals surface area contributed by atoms with Crippen molar-refractivity contribution in [2.75, 3.05) is 18.0 Å². The zero-order valence-electron chi connectivity index (χ0n) is 12.8. The zero-order valence-corrected chi connectivity index (χ0v) is 13.6. The number of anilines is 1. The van der Waals surface area contributed by atoms with Gasteiger partial charge in [0, 0.05) is 52.3 Å². The largest absolute Gasteiger partial charge is 0.385 e. The molecule has 0 saturated carbocycles. The molecule has 4 heterocycles. The molecule has 120 valence electrons. The third-order valence-electron chi connectivity index (χ3n) is 5.40. The van der Waals surface area contributed by atoms with Crippen LogP contribution in [0.15, 0.2) is 12.4 Å². The molecule has 4 rings (SSSR count). The lowest BCUT2D eigenvalue weighted by atomic mass is 9.81. The summed E-state index contributed by atoms with van der Waals surface area (Å²) in [5.74, 6) is 0.768. The van der Waals surface area contributed by atoms with Gasteiger partial charge in [-0.2, -0.15) is 0 Å². The molecule has 22 heavy (non-hydrogen) atoms. The van der Waals surface area contributed by atoms with Crippen molar-refractivity contribution in [1.82, 2.24) is 9.97 Å². The molecule has 0 amide bonds. The molecule has 2 unspecified atom stereocenters. The van der Waals surface area contributed by atoms with Crippen molar-refractivity contribution in [1.29, 1.82) is 0 Å². The van der Waals surface area contributed by atoms with Crippen LogP contribution < -0.4 is 4.90 Å². The minimum atomic E-state index is -0.896. The Morgan fingerprint density at radius 2 is 1.68 bits per heavy atom. The second kappa shape index (κ2) is 5.57. The lowest BCUT2D eigenvalue weighted by Crippen LogP contribution is -2.47. The van der Waals surface area contributed by atoms with Gasteiger partial charge in [0.05, 0.1) is 5.60 Å². The van der Waals surface area contributed by atoms with Gasteiger partial charge in [0.25, 0.3) is 0 Å². The maximum Gasteiger partial charge on any atom is 0.225 e. The van der Waals surface area contributed by atoms with Crippen LogP contribution in [0.5, 0.6) is 0 Å². The van der Waals surface area contributed by atoms with Crippen LogP contribution in [0.4, 0.5) is 5.95 Å². The number of aromatic nitrogens is 2. The standard InChI is InChI=1S/C16H23N3O2S/c20-16(8-13-4-3-5-14(9-16)22(13)21)12-10-17-15(18-11-12)19-6-1-2-7-19/h10-11,13-14,20H,1-9H2. The van der Waals surface area contributed by atoms with Crippen molar-refractivity contribution in [2.45, 2.75) is 61.0 Å². The average Bonchev–Trinajstić information content (AvgIpc) is 3.04. The molecule has 3 fully saturated rings. The predicted octanol–water partition coefficient (Wildman–Crippen LogP) is 1.73. The van der Waals surface area contributed by atoms with Gasteiger partial charge in [0.1, 0.15) is 0 Å². The summed E-state index contributed by atoms with van der Waals surface area (Å²) in [6.45, 7) is 2.04. The Balaban J connectivity index is 1.56. The Labute approximate surface area is 133 Å². The first kappa shape index (κ1) is 14.6. The number of nitrogens with zero attached hydrogens (tertiary/aromatic N) is 3. The molecule has 3 saturated heterocycles. The van der Waals surface area contributed by atoms with E-state index in [1.807, 2.05) is 0 Å². The van der Waals surface area contributed by atoms with Gasteiger partial charge in [0.2, 0.25) is 5.95 Å². The molecule has 5 nitrogen and oxygen atoms in total. The minimum Gasteiger partial charge on any atom is -0.385 e. The Morgan fingerprint density at radius 1 is 1.09 bits per heavy atom. The first-order valence-electron chi connectivity index (χ1n) is 8.35. The zero-order chi connectivity index (χ0) is 15.2. The Morgan fingerprint density at radius 3 is 2.27 bits per heavy atom. The second-order valence-corrected chi connectivity index (χ2v) is 8.90. The third-order valence-corrected chi connectivity index (χ3v) is 7.52. The van der Waals surface area contributed by atoms with Crippen molar-refractivity contribution in [3.63, 3.8) is 0 Å². The molecule has 1 aromatic rings. The Hall–Kier alpha value is -1.01. The van der Waals surface area contributed by atoms with Gasteiger partial charge < -0.3 is 10.0 Å². The number of aliphatic hydroxyl groups is 1. The molecule has 3 aliphatic rings. The Bertz CT molecular complexity index is 555. The summed E-state index contributed by atoms with van der Waals surface area (Å²) in [7, 11) is -0.772. The molecule has 2 atom stereocenters. The van der Waals surface area contributed by atoms with E-state index in [1.54, 1.807) is 12.4 Å². The van der Waals surface area contributed by atoms with Crippen molar-refractivity contribution in [2.24, 2.45) is 0 Å². The van der Waals surface area contributed by atoms with Crippen molar-refractivity contribution in [3.05, 3.63) is 18.0 Å². The molecule has 0 radical (unpaired) electrons. The minimum absolute atomic E-state index is 0.135. The van der Waals surface area contributed by atoms with Crippen LogP contribution in [-0.4, -0.2) is 42.9 Å². The van der Waals surface area contributed by atoms with Gasteiger partial charge in [-0.15, -0.1) is 0 Å². The number of hydrogen-bond donors (Lipinski definition) is 1. The summed E-state index contributed by atoms with van der Waals surface area (Å²) in [6, 6.07) is 0. The molecule has 2 bridgehead atoms. The van der Waals surface area contributed by atoms with Gasteiger partial charge in [-0.3, -0.25) is 4.21 Å². The molecule has 6 heteroatoms. The molecule has 1 N–H and O–H groups in total. The second-order valence-electron chi connectivity index (χ2n) is 6.91. The summed E-state index contributed by atoms with van der Waals surface area (Å²) < 4.78 is 12.3. The quantitative estimate of drug-likeness (QED) is 0.898. The van der Waals surface area contributed by atoms with Gasteiger partial charge in [-0.1, -0.05) is 6.42 Å². The molecular weight excluding hydrogens is 298 g/mol. The van der Waals surface area contributed by atoms with E-state index in [0.717, 1.165) is 43.9 Å². The predicted molar refractivity (Wildman–Crippen MR) is 86.2 cm³/mol. The van der Waals surface area contributed by atoms with Gasteiger partial charge >= 0.3 is 0 Å². The van der Waals surface area contributed by atoms with Crippen LogP contribution in [0.3, 0.4) is 0 Å². The van der Waals surface area contributed by atoms with Crippen LogP contribution in [0, 0.1) is 0 Å². The Kier molecular flexibility index (Phi) is 3.69. The lowest BCUT2D eigenvalue weighted by Gasteiger charge is -2.43. The highest BCUT2D eigenvalue weighted by Crippen LogP contribution is 2.44. The van der Waals surface area contributed by atoms with Crippen LogP contribution in [0.25, 0.3) is 0 Å². The highest BCUT2D eigenvalue weighted by molar-refractivity contribution is 7.86. The number of fused-ring (bicyclic) bond motifs is 2. The van der Waals surface area contributed by atoms with Crippen LogP contribution in [-0.2, 0) is 16.4 Å². The molecule has 3 aliphatic heterocycles. The van der Waals surface area contributed by atoms with E-state index in [-0.39, 0.29) is 10.5 Å². The molecule has 0 aliphatic carbocycles. The van der Waals surface area contributed by atoms with Gasteiger partial charge in [-0.25, -0.2) is 9.97 Å². The van der Waals surface area contributed by atoms with Crippen molar-refractivity contribution >= 4 is 16.7 Å². The van der Waals surface area contributed by atoms with Crippen molar-refractivity contribution in [3.8, 4) is 0 Å².